The zero-order valence-corrected chi connectivity index (χ0v) is 10.3. The van der Waals surface area contributed by atoms with E-state index in [1.165, 1.54) is 0 Å². The zero-order chi connectivity index (χ0) is 12.1. The third kappa shape index (κ3) is 3.86. The second kappa shape index (κ2) is 6.07. The zero-order valence-electron chi connectivity index (χ0n) is 10.3. The van der Waals surface area contributed by atoms with Gasteiger partial charge in [0.25, 0.3) is 5.92 Å². The van der Waals surface area contributed by atoms with Crippen molar-refractivity contribution >= 4 is 0 Å². The highest BCUT2D eigenvalue weighted by atomic mass is 19.3. The summed E-state index contributed by atoms with van der Waals surface area (Å²) in [5.74, 6) is -2.99. The average Bonchev–Trinajstić information content (AvgIpc) is 2.39. The molecular weight excluding hydrogens is 226 g/mol. The fourth-order valence-corrected chi connectivity index (χ4v) is 2.57. The van der Waals surface area contributed by atoms with Crippen LogP contribution < -0.4 is 5.32 Å². The Morgan fingerprint density at radius 3 is 2.47 bits per heavy atom. The van der Waals surface area contributed by atoms with Crippen molar-refractivity contribution in [3.63, 3.8) is 0 Å². The first-order valence-electron chi connectivity index (χ1n) is 6.57. The summed E-state index contributed by atoms with van der Waals surface area (Å²) in [5, 5.41) is 3.23. The first kappa shape index (κ1) is 13.2. The van der Waals surface area contributed by atoms with E-state index in [-0.39, 0.29) is 6.42 Å². The molecular formula is C12H22F2N2O. The molecule has 2 fully saturated rings. The molecule has 1 N–H and O–H groups in total. The van der Waals surface area contributed by atoms with Crippen molar-refractivity contribution in [2.45, 2.75) is 25.2 Å². The molecule has 0 unspecified atom stereocenters. The van der Waals surface area contributed by atoms with Gasteiger partial charge in [-0.2, -0.15) is 0 Å². The van der Waals surface area contributed by atoms with Crippen LogP contribution in [0.5, 0.6) is 0 Å². The number of piperazine rings is 1. The number of rotatable bonds is 4. The minimum absolute atomic E-state index is 0.00231. The van der Waals surface area contributed by atoms with Gasteiger partial charge in [-0.1, -0.05) is 0 Å². The number of nitrogens with zero attached hydrogens (tertiary/aromatic N) is 1. The predicted molar refractivity (Wildman–Crippen MR) is 62.4 cm³/mol. The molecule has 0 aromatic carbocycles. The third-order valence-corrected chi connectivity index (χ3v) is 3.79. The Morgan fingerprint density at radius 1 is 1.18 bits per heavy atom. The molecule has 0 amide bonds. The lowest BCUT2D eigenvalue weighted by atomic mass is 9.91. The van der Waals surface area contributed by atoms with Gasteiger partial charge in [0.1, 0.15) is 0 Å². The largest absolute Gasteiger partial charge is 0.381 e. The van der Waals surface area contributed by atoms with E-state index in [1.54, 1.807) is 0 Å². The number of alkyl halides is 2. The molecule has 17 heavy (non-hydrogen) atoms. The normalized spacial score (nSPS) is 25.1. The van der Waals surface area contributed by atoms with E-state index in [4.69, 9.17) is 4.74 Å². The molecule has 0 aromatic heterocycles. The summed E-state index contributed by atoms with van der Waals surface area (Å²) in [6, 6.07) is 0. The summed E-state index contributed by atoms with van der Waals surface area (Å²) in [6.45, 7) is 5.13. The number of hydrogen-bond acceptors (Lipinski definition) is 3. The van der Waals surface area contributed by atoms with Crippen LogP contribution in [0.4, 0.5) is 8.78 Å². The summed E-state index contributed by atoms with van der Waals surface area (Å²) >= 11 is 0. The molecule has 0 atom stereocenters. The van der Waals surface area contributed by atoms with Gasteiger partial charge in [0.2, 0.25) is 0 Å². The summed E-state index contributed by atoms with van der Waals surface area (Å²) in [4.78, 5) is 2.13. The van der Waals surface area contributed by atoms with E-state index in [2.05, 4.69) is 10.2 Å². The molecule has 0 aliphatic carbocycles. The Balaban J connectivity index is 1.75. The highest BCUT2D eigenvalue weighted by Crippen LogP contribution is 2.35. The van der Waals surface area contributed by atoms with E-state index >= 15 is 0 Å². The van der Waals surface area contributed by atoms with Gasteiger partial charge >= 0.3 is 0 Å². The minimum Gasteiger partial charge on any atom is -0.381 e. The molecule has 0 saturated carbocycles. The second-order valence-electron chi connectivity index (χ2n) is 4.99. The summed E-state index contributed by atoms with van der Waals surface area (Å²) in [6.07, 6.45) is 1.01. The van der Waals surface area contributed by atoms with Crippen molar-refractivity contribution in [3.05, 3.63) is 0 Å². The van der Waals surface area contributed by atoms with Crippen molar-refractivity contribution < 1.29 is 13.5 Å². The van der Waals surface area contributed by atoms with Gasteiger partial charge in [-0.3, -0.25) is 0 Å². The lowest BCUT2D eigenvalue weighted by Gasteiger charge is -2.33. The Kier molecular flexibility index (Phi) is 4.70. The van der Waals surface area contributed by atoms with Gasteiger partial charge in [-0.25, -0.2) is 8.78 Å². The third-order valence-electron chi connectivity index (χ3n) is 3.79. The standard InChI is InChI=1S/C12H22F2N2O/c13-12(14,11-1-9-17-10-2-11)3-6-16-7-4-15-5-8-16/h11,15H,1-10H2. The summed E-state index contributed by atoms with van der Waals surface area (Å²) < 4.78 is 33.1. The summed E-state index contributed by atoms with van der Waals surface area (Å²) in [5.41, 5.74) is 0. The highest BCUT2D eigenvalue weighted by molar-refractivity contribution is 4.81. The van der Waals surface area contributed by atoms with Crippen molar-refractivity contribution in [3.8, 4) is 0 Å². The van der Waals surface area contributed by atoms with Crippen LogP contribution in [-0.2, 0) is 4.74 Å². The van der Waals surface area contributed by atoms with Crippen LogP contribution in [-0.4, -0.2) is 56.8 Å². The van der Waals surface area contributed by atoms with E-state index < -0.39 is 11.8 Å². The van der Waals surface area contributed by atoms with Gasteiger partial charge in [-0.05, 0) is 12.8 Å². The van der Waals surface area contributed by atoms with Crippen molar-refractivity contribution in [1.29, 1.82) is 0 Å². The molecule has 2 aliphatic heterocycles. The van der Waals surface area contributed by atoms with E-state index in [0.717, 1.165) is 26.2 Å². The van der Waals surface area contributed by atoms with Crippen LogP contribution in [0.2, 0.25) is 0 Å². The van der Waals surface area contributed by atoms with E-state index in [0.29, 0.717) is 32.6 Å². The molecule has 0 bridgehead atoms. The van der Waals surface area contributed by atoms with Crippen LogP contribution in [0.15, 0.2) is 0 Å². The minimum atomic E-state index is -2.52. The predicted octanol–water partition coefficient (Wildman–Crippen LogP) is 1.34. The first-order chi connectivity index (χ1) is 8.18. The Labute approximate surface area is 101 Å². The maximum Gasteiger partial charge on any atom is 0.252 e. The molecule has 3 nitrogen and oxygen atoms in total. The SMILES string of the molecule is FC(F)(CCN1CCNCC1)C1CCOCC1. The van der Waals surface area contributed by atoms with Crippen molar-refractivity contribution in [2.24, 2.45) is 5.92 Å². The maximum atomic E-state index is 14.0. The lowest BCUT2D eigenvalue weighted by Crippen LogP contribution is -2.45. The van der Waals surface area contributed by atoms with Crippen LogP contribution in [0.25, 0.3) is 0 Å². The first-order valence-corrected chi connectivity index (χ1v) is 6.57. The van der Waals surface area contributed by atoms with Crippen LogP contribution in [0.3, 0.4) is 0 Å². The topological polar surface area (TPSA) is 24.5 Å². The van der Waals surface area contributed by atoms with Crippen LogP contribution >= 0.6 is 0 Å². The number of nitrogens with one attached hydrogen (secondary N) is 1. The molecule has 0 aromatic rings. The Hall–Kier alpha value is -0.260. The van der Waals surface area contributed by atoms with Crippen LogP contribution in [0, 0.1) is 5.92 Å². The smallest absolute Gasteiger partial charge is 0.252 e. The fourth-order valence-electron chi connectivity index (χ4n) is 2.57. The molecule has 0 spiro atoms. The lowest BCUT2D eigenvalue weighted by molar-refractivity contribution is -0.105. The second-order valence-corrected chi connectivity index (χ2v) is 4.99. The van der Waals surface area contributed by atoms with Gasteiger partial charge in [0, 0.05) is 58.3 Å². The molecule has 0 radical (unpaired) electrons. The molecule has 2 saturated heterocycles. The molecule has 5 heteroatoms. The Morgan fingerprint density at radius 2 is 1.82 bits per heavy atom. The quantitative estimate of drug-likeness (QED) is 0.812. The van der Waals surface area contributed by atoms with Crippen LogP contribution in [0.1, 0.15) is 19.3 Å². The highest BCUT2D eigenvalue weighted by Gasteiger charge is 2.39. The van der Waals surface area contributed by atoms with Crippen molar-refractivity contribution in [2.75, 3.05) is 45.9 Å². The Bertz CT molecular complexity index is 227. The number of halogens is 2. The summed E-state index contributed by atoms with van der Waals surface area (Å²) in [7, 11) is 0. The fraction of sp³-hybridized carbons (Fsp3) is 1.00. The molecule has 100 valence electrons. The monoisotopic (exact) mass is 248 g/mol. The number of hydrogen-bond donors (Lipinski definition) is 1. The van der Waals surface area contributed by atoms with Gasteiger partial charge in [-0.15, -0.1) is 0 Å². The molecule has 2 rings (SSSR count). The maximum absolute atomic E-state index is 14.0. The average molecular weight is 248 g/mol. The van der Waals surface area contributed by atoms with E-state index in [9.17, 15) is 8.78 Å². The van der Waals surface area contributed by atoms with Gasteiger partial charge < -0.3 is 15.0 Å². The molecule has 2 aliphatic rings. The van der Waals surface area contributed by atoms with Gasteiger partial charge in [0.15, 0.2) is 0 Å². The molecule has 2 heterocycles. The van der Waals surface area contributed by atoms with Gasteiger partial charge in [0.05, 0.1) is 0 Å². The number of ether oxygens (including phenoxy) is 1. The van der Waals surface area contributed by atoms with E-state index in [1.807, 2.05) is 0 Å². The van der Waals surface area contributed by atoms with Crippen molar-refractivity contribution in [1.82, 2.24) is 10.2 Å².